The Hall–Kier alpha value is -3.24. The number of nitrogens with zero attached hydrogens (tertiary/aromatic N) is 2. The van der Waals surface area contributed by atoms with Gasteiger partial charge in [-0.05, 0) is 23.5 Å². The summed E-state index contributed by atoms with van der Waals surface area (Å²) in [5.41, 5.74) is 4.10. The number of hydrogen-bond donors (Lipinski definition) is 3. The Kier molecular flexibility index (Phi) is 8.86. The van der Waals surface area contributed by atoms with Crippen LogP contribution in [0.1, 0.15) is 38.4 Å². The minimum absolute atomic E-state index is 0.00907. The van der Waals surface area contributed by atoms with Crippen LogP contribution >= 0.6 is 11.3 Å². The molecule has 36 heavy (non-hydrogen) atoms. The van der Waals surface area contributed by atoms with Gasteiger partial charge in [-0.15, -0.1) is 11.3 Å². The number of aliphatic hydroxyl groups is 1. The van der Waals surface area contributed by atoms with Crippen molar-refractivity contribution in [2.45, 2.75) is 58.8 Å². The van der Waals surface area contributed by atoms with Crippen LogP contribution in [0.3, 0.4) is 0 Å². The summed E-state index contributed by atoms with van der Waals surface area (Å²) in [6, 6.07) is 6.07. The summed E-state index contributed by atoms with van der Waals surface area (Å²) in [6.07, 6.45) is -0.0294. The number of nitrogens with one attached hydrogen (secondary N) is 2. The number of likely N-dealkylation sites (tertiary alicyclic amines) is 1. The quantitative estimate of drug-likeness (QED) is 0.466. The largest absolute Gasteiger partial charge is 0.445 e. The first kappa shape index (κ1) is 27.3. The molecule has 3 N–H and O–H groups in total. The third kappa shape index (κ3) is 6.70. The van der Waals surface area contributed by atoms with Crippen LogP contribution in [0.15, 0.2) is 42.4 Å². The maximum absolute atomic E-state index is 13.5. The van der Waals surface area contributed by atoms with Crippen LogP contribution in [-0.2, 0) is 20.9 Å². The normalized spacial score (nSPS) is 18.4. The molecule has 3 unspecified atom stereocenters. The number of benzene rings is 1. The van der Waals surface area contributed by atoms with Gasteiger partial charge in [0, 0.05) is 19.5 Å². The highest BCUT2D eigenvalue weighted by molar-refractivity contribution is 7.13. The highest BCUT2D eigenvalue weighted by Crippen LogP contribution is 2.28. The van der Waals surface area contributed by atoms with Crippen molar-refractivity contribution in [2.24, 2.45) is 5.41 Å². The van der Waals surface area contributed by atoms with Gasteiger partial charge in [-0.25, -0.2) is 9.78 Å². The molecule has 0 spiro atoms. The predicted octanol–water partition coefficient (Wildman–Crippen LogP) is 3.02. The molecule has 0 bridgehead atoms. The van der Waals surface area contributed by atoms with E-state index in [0.29, 0.717) is 0 Å². The van der Waals surface area contributed by atoms with Crippen molar-refractivity contribution in [3.8, 4) is 10.4 Å². The van der Waals surface area contributed by atoms with Crippen molar-refractivity contribution in [1.82, 2.24) is 20.5 Å². The van der Waals surface area contributed by atoms with Gasteiger partial charge in [0.05, 0.1) is 22.2 Å². The molecule has 0 saturated carbocycles. The lowest BCUT2D eigenvalue weighted by Crippen LogP contribution is -2.57. The average molecular weight is 515 g/mol. The highest BCUT2D eigenvalue weighted by atomic mass is 32.1. The average Bonchev–Trinajstić information content (AvgIpc) is 3.44. The van der Waals surface area contributed by atoms with Crippen molar-refractivity contribution in [2.75, 3.05) is 13.2 Å². The number of rotatable bonds is 8. The predicted molar refractivity (Wildman–Crippen MR) is 138 cm³/mol. The van der Waals surface area contributed by atoms with E-state index in [1.165, 1.54) is 11.0 Å². The van der Waals surface area contributed by atoms with E-state index in [1.807, 2.05) is 57.5 Å². The van der Waals surface area contributed by atoms with Crippen LogP contribution in [0.4, 0.5) is 4.79 Å². The third-order valence-corrected chi connectivity index (χ3v) is 6.98. The number of ether oxygens (including phenoxy) is 1. The van der Waals surface area contributed by atoms with Gasteiger partial charge in [0.1, 0.15) is 18.7 Å². The SMILES string of the molecule is C=CCOC(=O)NC(C(=O)N1CC(O)CC1C(=O)NCc1ccc(-c2scnc2C)cc1)C(C)(C)C. The van der Waals surface area contributed by atoms with Gasteiger partial charge in [0.2, 0.25) is 11.8 Å². The van der Waals surface area contributed by atoms with Gasteiger partial charge in [0.15, 0.2) is 0 Å². The molecular formula is C26H34N4O5S. The summed E-state index contributed by atoms with van der Waals surface area (Å²) in [5.74, 6) is -0.803. The van der Waals surface area contributed by atoms with Gasteiger partial charge >= 0.3 is 6.09 Å². The van der Waals surface area contributed by atoms with E-state index < -0.39 is 35.6 Å². The van der Waals surface area contributed by atoms with Crippen LogP contribution in [0.2, 0.25) is 0 Å². The monoisotopic (exact) mass is 514 g/mol. The minimum Gasteiger partial charge on any atom is -0.445 e. The molecule has 2 aromatic rings. The fraction of sp³-hybridized carbons (Fsp3) is 0.462. The molecule has 1 saturated heterocycles. The van der Waals surface area contributed by atoms with Crippen molar-refractivity contribution in [1.29, 1.82) is 0 Å². The lowest BCUT2D eigenvalue weighted by Gasteiger charge is -2.35. The standard InChI is InChI=1S/C26H34N4O5S/c1-6-11-35-25(34)29-22(26(3,4)5)24(33)30-14-19(31)12-20(30)23(32)27-13-17-7-9-18(10-8-17)21-16(2)28-15-36-21/h6-10,15,19-20,22,31H,1,11-14H2,2-5H3,(H,27,32)(H,29,34). The van der Waals surface area contributed by atoms with Crippen LogP contribution in [-0.4, -0.2) is 64.2 Å². The van der Waals surface area contributed by atoms with Crippen molar-refractivity contribution >= 4 is 29.2 Å². The second kappa shape index (κ2) is 11.7. The van der Waals surface area contributed by atoms with Crippen LogP contribution in [0.5, 0.6) is 0 Å². The molecule has 0 radical (unpaired) electrons. The number of amides is 3. The Morgan fingerprint density at radius 1 is 1.31 bits per heavy atom. The zero-order valence-corrected chi connectivity index (χ0v) is 21.9. The molecule has 194 valence electrons. The van der Waals surface area contributed by atoms with Crippen LogP contribution < -0.4 is 10.6 Å². The molecule has 3 amide bonds. The zero-order valence-electron chi connectivity index (χ0n) is 21.1. The Morgan fingerprint density at radius 3 is 2.58 bits per heavy atom. The van der Waals surface area contributed by atoms with E-state index in [2.05, 4.69) is 22.2 Å². The Balaban J connectivity index is 1.66. The molecule has 3 rings (SSSR count). The molecule has 1 aliphatic rings. The second-order valence-electron chi connectivity index (χ2n) is 9.91. The van der Waals surface area contributed by atoms with Gasteiger partial charge in [0.25, 0.3) is 0 Å². The maximum Gasteiger partial charge on any atom is 0.408 e. The number of thiazole rings is 1. The van der Waals surface area contributed by atoms with Crippen molar-refractivity contribution in [3.05, 3.63) is 53.7 Å². The number of β-amino-alcohol motifs (C(OH)–C–C–N with tert-alkyl or cyclic N) is 1. The summed E-state index contributed by atoms with van der Waals surface area (Å²) in [6.45, 7) is 11.2. The van der Waals surface area contributed by atoms with E-state index in [-0.39, 0.29) is 32.0 Å². The zero-order chi connectivity index (χ0) is 26.5. The minimum atomic E-state index is -0.946. The number of carbonyl (C=O) groups excluding carboxylic acids is 3. The van der Waals surface area contributed by atoms with E-state index >= 15 is 0 Å². The van der Waals surface area contributed by atoms with E-state index in [9.17, 15) is 19.5 Å². The number of carbonyl (C=O) groups is 3. The second-order valence-corrected chi connectivity index (χ2v) is 10.8. The Morgan fingerprint density at radius 2 is 2.00 bits per heavy atom. The van der Waals surface area contributed by atoms with Crippen LogP contribution in [0.25, 0.3) is 10.4 Å². The van der Waals surface area contributed by atoms with Gasteiger partial charge in [-0.1, -0.05) is 57.7 Å². The van der Waals surface area contributed by atoms with Gasteiger partial charge in [-0.2, -0.15) is 0 Å². The molecule has 0 aliphatic carbocycles. The molecule has 1 aliphatic heterocycles. The van der Waals surface area contributed by atoms with Crippen molar-refractivity contribution in [3.63, 3.8) is 0 Å². The van der Waals surface area contributed by atoms with Crippen LogP contribution in [0, 0.1) is 12.3 Å². The molecule has 10 heteroatoms. The summed E-state index contributed by atoms with van der Waals surface area (Å²) in [7, 11) is 0. The summed E-state index contributed by atoms with van der Waals surface area (Å²) >= 11 is 1.58. The number of aryl methyl sites for hydroxylation is 1. The van der Waals surface area contributed by atoms with E-state index in [4.69, 9.17) is 4.74 Å². The van der Waals surface area contributed by atoms with Gasteiger partial charge < -0.3 is 25.4 Å². The third-order valence-electron chi connectivity index (χ3n) is 6.00. The number of hydrogen-bond acceptors (Lipinski definition) is 7. The molecule has 1 aromatic heterocycles. The smallest absolute Gasteiger partial charge is 0.408 e. The number of aliphatic hydroxyl groups excluding tert-OH is 1. The summed E-state index contributed by atoms with van der Waals surface area (Å²) < 4.78 is 4.98. The van der Waals surface area contributed by atoms with Gasteiger partial charge in [-0.3, -0.25) is 9.59 Å². The highest BCUT2D eigenvalue weighted by Gasteiger charge is 2.44. The molecule has 9 nitrogen and oxygen atoms in total. The topological polar surface area (TPSA) is 121 Å². The molecule has 1 aromatic carbocycles. The number of alkyl carbamates (subject to hydrolysis) is 1. The fourth-order valence-electron chi connectivity index (χ4n) is 4.07. The molecule has 3 atom stereocenters. The first-order chi connectivity index (χ1) is 17.0. The lowest BCUT2D eigenvalue weighted by atomic mass is 9.85. The molecular weight excluding hydrogens is 480 g/mol. The number of aromatic nitrogens is 1. The fourth-order valence-corrected chi connectivity index (χ4v) is 4.89. The summed E-state index contributed by atoms with van der Waals surface area (Å²) in [4.78, 5) is 45.4. The Labute approximate surface area is 215 Å². The summed E-state index contributed by atoms with van der Waals surface area (Å²) in [5, 5.41) is 15.8. The first-order valence-electron chi connectivity index (χ1n) is 11.8. The lowest BCUT2D eigenvalue weighted by molar-refractivity contribution is -0.142. The molecule has 2 heterocycles. The first-order valence-corrected chi connectivity index (χ1v) is 12.7. The van der Waals surface area contributed by atoms with E-state index in [1.54, 1.807) is 11.3 Å². The molecule has 1 fully saturated rings. The van der Waals surface area contributed by atoms with Crippen molar-refractivity contribution < 1.29 is 24.2 Å². The maximum atomic E-state index is 13.5. The Bertz CT molecular complexity index is 1090. The van der Waals surface area contributed by atoms with E-state index in [0.717, 1.165) is 21.7 Å².